The molecule has 1 aromatic carbocycles. The topological polar surface area (TPSA) is 43.1 Å². The average Bonchev–Trinajstić information content (AvgIpc) is 3.12. The maximum atomic E-state index is 4.38. The van der Waals surface area contributed by atoms with Gasteiger partial charge >= 0.3 is 0 Å². The molecule has 0 spiro atoms. The zero-order valence-corrected chi connectivity index (χ0v) is 15.8. The Morgan fingerprint density at radius 3 is 2.58 bits per heavy atom. The van der Waals surface area contributed by atoms with Gasteiger partial charge in [-0.1, -0.05) is 39.3 Å². The van der Waals surface area contributed by atoms with Crippen LogP contribution in [-0.4, -0.2) is 20.0 Å². The van der Waals surface area contributed by atoms with E-state index < -0.39 is 0 Å². The van der Waals surface area contributed by atoms with Crippen LogP contribution in [0.2, 0.25) is 0 Å². The Morgan fingerprint density at radius 2 is 1.88 bits per heavy atom. The van der Waals surface area contributed by atoms with Crippen molar-refractivity contribution in [1.82, 2.24) is 20.0 Å². The standard InChI is InChI=1S/C19H22N4S/c1-10(2)19(5,6)14-8-11(3)7-13-16(14)18-20-21-22-23(18)15-9-12(4)24-17(13)15/h7-10H,1-6H3. The van der Waals surface area contributed by atoms with Crippen LogP contribution in [0.3, 0.4) is 0 Å². The zero-order chi connectivity index (χ0) is 17.2. The molecule has 0 fully saturated rings. The van der Waals surface area contributed by atoms with Crippen LogP contribution in [0, 0.1) is 19.8 Å². The highest BCUT2D eigenvalue weighted by Gasteiger charge is 2.29. The number of pyridine rings is 1. The number of fused-ring (bicyclic) bond motifs is 6. The third-order valence-electron chi connectivity index (χ3n) is 5.42. The van der Waals surface area contributed by atoms with E-state index >= 15 is 0 Å². The van der Waals surface area contributed by atoms with Crippen LogP contribution in [-0.2, 0) is 5.41 Å². The molecule has 4 nitrogen and oxygen atoms in total. The van der Waals surface area contributed by atoms with Crippen molar-refractivity contribution in [3.8, 4) is 0 Å². The maximum absolute atomic E-state index is 4.38. The second-order valence-corrected chi connectivity index (χ2v) is 8.85. The molecule has 0 N–H and O–H groups in total. The van der Waals surface area contributed by atoms with Crippen LogP contribution < -0.4 is 0 Å². The van der Waals surface area contributed by atoms with E-state index in [0.717, 1.165) is 11.2 Å². The van der Waals surface area contributed by atoms with Gasteiger partial charge in [0, 0.05) is 15.6 Å². The molecule has 0 saturated carbocycles. The Kier molecular flexibility index (Phi) is 3.23. The van der Waals surface area contributed by atoms with Crippen molar-refractivity contribution in [3.05, 3.63) is 34.2 Å². The van der Waals surface area contributed by atoms with Gasteiger partial charge in [0.25, 0.3) is 0 Å². The first-order valence-electron chi connectivity index (χ1n) is 8.35. The summed E-state index contributed by atoms with van der Waals surface area (Å²) in [6.45, 7) is 13.5. The van der Waals surface area contributed by atoms with Crippen LogP contribution in [0.5, 0.6) is 0 Å². The van der Waals surface area contributed by atoms with Crippen LogP contribution in [0.15, 0.2) is 18.2 Å². The minimum absolute atomic E-state index is 0.0384. The molecular formula is C19H22N4S. The quantitative estimate of drug-likeness (QED) is 0.514. The van der Waals surface area contributed by atoms with Crippen molar-refractivity contribution in [2.45, 2.75) is 47.0 Å². The van der Waals surface area contributed by atoms with Crippen molar-refractivity contribution in [1.29, 1.82) is 0 Å². The Hall–Kier alpha value is -2.01. The molecular weight excluding hydrogens is 316 g/mol. The number of benzene rings is 1. The lowest BCUT2D eigenvalue weighted by Gasteiger charge is -2.31. The molecule has 0 amide bonds. The number of hydrogen-bond donors (Lipinski definition) is 0. The van der Waals surface area contributed by atoms with E-state index in [2.05, 4.69) is 75.3 Å². The van der Waals surface area contributed by atoms with E-state index in [1.54, 1.807) is 0 Å². The number of aromatic nitrogens is 4. The summed E-state index contributed by atoms with van der Waals surface area (Å²) in [6, 6.07) is 6.77. The molecule has 124 valence electrons. The maximum Gasteiger partial charge on any atom is 0.188 e. The van der Waals surface area contributed by atoms with Crippen LogP contribution in [0.25, 0.3) is 26.6 Å². The Labute approximate surface area is 145 Å². The molecule has 0 bridgehead atoms. The molecule has 3 aromatic heterocycles. The summed E-state index contributed by atoms with van der Waals surface area (Å²) in [5.74, 6) is 0.513. The first-order valence-corrected chi connectivity index (χ1v) is 9.17. The second-order valence-electron chi connectivity index (χ2n) is 7.60. The predicted molar refractivity (Wildman–Crippen MR) is 101 cm³/mol. The number of rotatable bonds is 2. The molecule has 0 aliphatic heterocycles. The first kappa shape index (κ1) is 15.5. The van der Waals surface area contributed by atoms with Gasteiger partial charge in [-0.3, -0.25) is 0 Å². The molecule has 24 heavy (non-hydrogen) atoms. The minimum atomic E-state index is 0.0384. The second kappa shape index (κ2) is 4.99. The van der Waals surface area contributed by atoms with Crippen LogP contribution >= 0.6 is 11.3 Å². The lowest BCUT2D eigenvalue weighted by molar-refractivity contribution is 0.375. The lowest BCUT2D eigenvalue weighted by Crippen LogP contribution is -2.25. The summed E-state index contributed by atoms with van der Waals surface area (Å²) < 4.78 is 3.17. The van der Waals surface area contributed by atoms with Gasteiger partial charge in [0.1, 0.15) is 0 Å². The third kappa shape index (κ3) is 2.00. The molecule has 0 atom stereocenters. The molecule has 3 heterocycles. The van der Waals surface area contributed by atoms with Gasteiger partial charge in [-0.05, 0) is 53.3 Å². The van der Waals surface area contributed by atoms with E-state index in [-0.39, 0.29) is 5.41 Å². The van der Waals surface area contributed by atoms with Gasteiger partial charge in [-0.15, -0.1) is 16.4 Å². The number of hydrogen-bond acceptors (Lipinski definition) is 4. The smallest absolute Gasteiger partial charge is 0.188 e. The Balaban J connectivity index is 2.31. The van der Waals surface area contributed by atoms with Gasteiger partial charge in [0.05, 0.1) is 10.2 Å². The SMILES string of the molecule is Cc1cc(C(C)(C)C(C)C)c2c(c1)c1sc(C)cc1n1nnnc21. The molecule has 0 aliphatic carbocycles. The van der Waals surface area contributed by atoms with Crippen LogP contribution in [0.4, 0.5) is 0 Å². The van der Waals surface area contributed by atoms with Crippen molar-refractivity contribution < 1.29 is 0 Å². The fraction of sp³-hybridized carbons (Fsp3) is 0.421. The van der Waals surface area contributed by atoms with E-state index in [0.29, 0.717) is 5.92 Å². The fourth-order valence-electron chi connectivity index (χ4n) is 3.38. The van der Waals surface area contributed by atoms with E-state index in [1.807, 2.05) is 15.9 Å². The van der Waals surface area contributed by atoms with Crippen molar-refractivity contribution in [2.24, 2.45) is 5.92 Å². The third-order valence-corrected chi connectivity index (χ3v) is 6.49. The largest absolute Gasteiger partial charge is 0.191 e. The summed E-state index contributed by atoms with van der Waals surface area (Å²) >= 11 is 1.82. The van der Waals surface area contributed by atoms with Crippen molar-refractivity contribution in [3.63, 3.8) is 0 Å². The van der Waals surface area contributed by atoms with Gasteiger partial charge in [0.15, 0.2) is 5.65 Å². The number of nitrogens with zero attached hydrogens (tertiary/aromatic N) is 4. The Bertz CT molecular complexity index is 1090. The van der Waals surface area contributed by atoms with E-state index in [4.69, 9.17) is 0 Å². The Morgan fingerprint density at radius 1 is 1.12 bits per heavy atom. The van der Waals surface area contributed by atoms with Gasteiger partial charge < -0.3 is 0 Å². The highest BCUT2D eigenvalue weighted by Crippen LogP contribution is 2.42. The first-order chi connectivity index (χ1) is 11.3. The fourth-order valence-corrected chi connectivity index (χ4v) is 4.40. The van der Waals surface area contributed by atoms with Gasteiger partial charge in [-0.2, -0.15) is 4.52 Å². The minimum Gasteiger partial charge on any atom is -0.191 e. The highest BCUT2D eigenvalue weighted by atomic mass is 32.1. The van der Waals surface area contributed by atoms with Gasteiger partial charge in [0.2, 0.25) is 0 Å². The molecule has 0 unspecified atom stereocenters. The monoisotopic (exact) mass is 338 g/mol. The number of tetrazole rings is 1. The number of aryl methyl sites for hydroxylation is 2. The zero-order valence-electron chi connectivity index (χ0n) is 15.0. The average molecular weight is 338 g/mol. The summed E-state index contributed by atoms with van der Waals surface area (Å²) in [6.07, 6.45) is 0. The van der Waals surface area contributed by atoms with Crippen LogP contribution in [0.1, 0.15) is 43.7 Å². The van der Waals surface area contributed by atoms with Gasteiger partial charge in [-0.25, -0.2) is 0 Å². The molecule has 0 radical (unpaired) electrons. The highest BCUT2D eigenvalue weighted by molar-refractivity contribution is 7.20. The van der Waals surface area contributed by atoms with Crippen molar-refractivity contribution >= 4 is 38.0 Å². The molecule has 4 aromatic rings. The molecule has 0 saturated heterocycles. The van der Waals surface area contributed by atoms with Crippen molar-refractivity contribution in [2.75, 3.05) is 0 Å². The summed E-state index contributed by atoms with van der Waals surface area (Å²) in [4.78, 5) is 1.28. The molecule has 5 heteroatoms. The molecule has 4 rings (SSSR count). The summed E-state index contributed by atoms with van der Waals surface area (Å²) in [7, 11) is 0. The lowest BCUT2D eigenvalue weighted by atomic mass is 9.73. The van der Waals surface area contributed by atoms with E-state index in [1.165, 1.54) is 31.5 Å². The van der Waals surface area contributed by atoms with E-state index in [9.17, 15) is 0 Å². The predicted octanol–water partition coefficient (Wildman–Crippen LogP) is 5.04. The normalized spacial score (nSPS) is 13.0. The summed E-state index contributed by atoms with van der Waals surface area (Å²) in [5, 5.41) is 15.1. The number of thiophene rings is 1. The molecule has 0 aliphatic rings. The summed E-state index contributed by atoms with van der Waals surface area (Å²) in [5.41, 5.74) is 4.62.